The molecule has 1 fully saturated rings. The molecule has 0 atom stereocenters. The van der Waals surface area contributed by atoms with E-state index in [9.17, 15) is 0 Å². The first-order valence-electron chi connectivity index (χ1n) is 9.68. The number of benzene rings is 1. The Morgan fingerprint density at radius 1 is 0.929 bits per heavy atom. The van der Waals surface area contributed by atoms with E-state index in [-0.39, 0.29) is 0 Å². The Morgan fingerprint density at radius 2 is 1.71 bits per heavy atom. The van der Waals surface area contributed by atoms with Crippen molar-refractivity contribution in [1.82, 2.24) is 24.8 Å². The quantitative estimate of drug-likeness (QED) is 0.735. The van der Waals surface area contributed by atoms with Crippen LogP contribution in [0.1, 0.15) is 12.7 Å². The Kier molecular flexibility index (Phi) is 5.43. The average Bonchev–Trinajstić information content (AvgIpc) is 2.75. The van der Waals surface area contributed by atoms with Crippen molar-refractivity contribution in [3.8, 4) is 11.1 Å². The van der Waals surface area contributed by atoms with Gasteiger partial charge < -0.3 is 15.1 Å². The number of hydrogen-bond acceptors (Lipinski definition) is 7. The standard InChI is InChI=1S/C21H25N7/c1-3-18-23-20(26-21(25-18)28-13-11-27(2)12-14-28)24-19-15-17(9-10-22-19)16-7-5-4-6-8-16/h4-10,15H,3,11-14H2,1-2H3,(H,22,23,24,25,26). The Hall–Kier alpha value is -3.06. The number of nitrogens with zero attached hydrogens (tertiary/aromatic N) is 6. The van der Waals surface area contributed by atoms with Gasteiger partial charge in [-0.05, 0) is 30.3 Å². The van der Waals surface area contributed by atoms with Crippen molar-refractivity contribution in [2.45, 2.75) is 13.3 Å². The summed E-state index contributed by atoms with van der Waals surface area (Å²) < 4.78 is 0. The van der Waals surface area contributed by atoms with E-state index in [0.717, 1.165) is 61.3 Å². The fourth-order valence-corrected chi connectivity index (χ4v) is 3.19. The van der Waals surface area contributed by atoms with E-state index in [1.54, 1.807) is 6.20 Å². The van der Waals surface area contributed by atoms with Gasteiger partial charge in [-0.1, -0.05) is 37.3 Å². The second-order valence-electron chi connectivity index (χ2n) is 6.94. The van der Waals surface area contributed by atoms with Crippen LogP contribution in [-0.2, 0) is 6.42 Å². The van der Waals surface area contributed by atoms with Crippen LogP contribution in [0.3, 0.4) is 0 Å². The number of hydrogen-bond donors (Lipinski definition) is 1. The Bertz CT molecular complexity index is 921. The monoisotopic (exact) mass is 375 g/mol. The summed E-state index contributed by atoms with van der Waals surface area (Å²) in [5, 5.41) is 3.27. The van der Waals surface area contributed by atoms with E-state index in [0.29, 0.717) is 5.95 Å². The predicted molar refractivity (Wildman–Crippen MR) is 112 cm³/mol. The van der Waals surface area contributed by atoms with Crippen molar-refractivity contribution in [2.75, 3.05) is 43.4 Å². The second-order valence-corrected chi connectivity index (χ2v) is 6.94. The summed E-state index contributed by atoms with van der Waals surface area (Å²) in [4.78, 5) is 22.8. The van der Waals surface area contributed by atoms with Crippen molar-refractivity contribution in [3.63, 3.8) is 0 Å². The molecule has 2 aromatic heterocycles. The molecule has 0 unspecified atom stereocenters. The summed E-state index contributed by atoms with van der Waals surface area (Å²) in [6, 6.07) is 14.3. The molecule has 0 radical (unpaired) electrons. The van der Waals surface area contributed by atoms with E-state index >= 15 is 0 Å². The highest BCUT2D eigenvalue weighted by Gasteiger charge is 2.18. The zero-order chi connectivity index (χ0) is 19.3. The third-order valence-electron chi connectivity index (χ3n) is 4.88. The van der Waals surface area contributed by atoms with Crippen molar-refractivity contribution < 1.29 is 0 Å². The third kappa shape index (κ3) is 4.26. The first-order chi connectivity index (χ1) is 13.7. The highest BCUT2D eigenvalue weighted by Crippen LogP contribution is 2.22. The minimum absolute atomic E-state index is 0.540. The molecule has 1 aliphatic rings. The zero-order valence-electron chi connectivity index (χ0n) is 16.3. The number of nitrogens with one attached hydrogen (secondary N) is 1. The first-order valence-corrected chi connectivity index (χ1v) is 9.68. The van der Waals surface area contributed by atoms with Crippen LogP contribution in [0.15, 0.2) is 48.7 Å². The van der Waals surface area contributed by atoms with E-state index in [2.05, 4.69) is 61.2 Å². The van der Waals surface area contributed by atoms with E-state index < -0.39 is 0 Å². The minimum Gasteiger partial charge on any atom is -0.338 e. The highest BCUT2D eigenvalue weighted by atomic mass is 15.3. The first kappa shape index (κ1) is 18.3. The lowest BCUT2D eigenvalue weighted by molar-refractivity contribution is 0.311. The lowest BCUT2D eigenvalue weighted by Crippen LogP contribution is -2.45. The van der Waals surface area contributed by atoms with Crippen molar-refractivity contribution in [3.05, 3.63) is 54.5 Å². The second kappa shape index (κ2) is 8.31. The van der Waals surface area contributed by atoms with Gasteiger partial charge in [0, 0.05) is 38.8 Å². The van der Waals surface area contributed by atoms with Gasteiger partial charge in [-0.3, -0.25) is 0 Å². The molecule has 1 aromatic carbocycles. The van der Waals surface area contributed by atoms with Crippen molar-refractivity contribution in [2.24, 2.45) is 0 Å². The van der Waals surface area contributed by atoms with Crippen LogP contribution in [0, 0.1) is 0 Å². The Balaban J connectivity index is 1.58. The average molecular weight is 375 g/mol. The number of piperazine rings is 1. The van der Waals surface area contributed by atoms with Gasteiger partial charge in [-0.25, -0.2) is 4.98 Å². The molecule has 3 heterocycles. The summed E-state index contributed by atoms with van der Waals surface area (Å²) in [6.07, 6.45) is 2.56. The van der Waals surface area contributed by atoms with Crippen LogP contribution in [0.5, 0.6) is 0 Å². The number of pyridine rings is 1. The number of rotatable bonds is 5. The van der Waals surface area contributed by atoms with Gasteiger partial charge in [0.15, 0.2) is 0 Å². The summed E-state index contributed by atoms with van der Waals surface area (Å²) in [5.41, 5.74) is 2.25. The molecule has 0 bridgehead atoms. The van der Waals surface area contributed by atoms with E-state index in [4.69, 9.17) is 0 Å². The summed E-state index contributed by atoms with van der Waals surface area (Å²) in [7, 11) is 2.14. The lowest BCUT2D eigenvalue weighted by Gasteiger charge is -2.32. The van der Waals surface area contributed by atoms with Crippen LogP contribution in [0.2, 0.25) is 0 Å². The van der Waals surface area contributed by atoms with Crippen LogP contribution in [0.4, 0.5) is 17.7 Å². The normalized spacial score (nSPS) is 14.9. The molecule has 7 nitrogen and oxygen atoms in total. The molecule has 0 saturated carbocycles. The van der Waals surface area contributed by atoms with Crippen molar-refractivity contribution >= 4 is 17.7 Å². The molecular weight excluding hydrogens is 350 g/mol. The molecule has 0 aliphatic carbocycles. The highest BCUT2D eigenvalue weighted by molar-refractivity contribution is 5.67. The van der Waals surface area contributed by atoms with Gasteiger partial charge >= 0.3 is 0 Å². The topological polar surface area (TPSA) is 70.1 Å². The van der Waals surface area contributed by atoms with Crippen LogP contribution >= 0.6 is 0 Å². The molecule has 1 aliphatic heterocycles. The zero-order valence-corrected chi connectivity index (χ0v) is 16.3. The number of aryl methyl sites for hydroxylation is 1. The molecular formula is C21H25N7. The molecule has 7 heteroatoms. The molecule has 0 spiro atoms. The number of aromatic nitrogens is 4. The smallest absolute Gasteiger partial charge is 0.233 e. The van der Waals surface area contributed by atoms with Gasteiger partial charge in [0.25, 0.3) is 0 Å². The van der Waals surface area contributed by atoms with Gasteiger partial charge in [0.05, 0.1) is 0 Å². The van der Waals surface area contributed by atoms with E-state index in [1.807, 2.05) is 30.3 Å². The number of likely N-dealkylation sites (N-methyl/N-ethyl adjacent to an activating group) is 1. The molecule has 28 heavy (non-hydrogen) atoms. The predicted octanol–water partition coefficient (Wildman–Crippen LogP) is 2.99. The molecule has 1 N–H and O–H groups in total. The summed E-state index contributed by atoms with van der Waals surface area (Å²) >= 11 is 0. The van der Waals surface area contributed by atoms with Gasteiger partial charge in [0.1, 0.15) is 11.6 Å². The molecule has 3 aromatic rings. The number of anilines is 3. The summed E-state index contributed by atoms with van der Waals surface area (Å²) in [6.45, 7) is 5.92. The van der Waals surface area contributed by atoms with E-state index in [1.165, 1.54) is 0 Å². The molecule has 1 saturated heterocycles. The van der Waals surface area contributed by atoms with Crippen molar-refractivity contribution in [1.29, 1.82) is 0 Å². The fraction of sp³-hybridized carbons (Fsp3) is 0.333. The minimum atomic E-state index is 0.540. The van der Waals surface area contributed by atoms with Crippen LogP contribution < -0.4 is 10.2 Å². The van der Waals surface area contributed by atoms with Crippen LogP contribution in [-0.4, -0.2) is 58.1 Å². The van der Waals surface area contributed by atoms with Crippen LogP contribution in [0.25, 0.3) is 11.1 Å². The molecule has 4 rings (SSSR count). The SMILES string of the molecule is CCc1nc(Nc2cc(-c3ccccc3)ccn2)nc(N2CCN(C)CC2)n1. The molecule has 0 amide bonds. The lowest BCUT2D eigenvalue weighted by atomic mass is 10.1. The summed E-state index contributed by atoms with van der Waals surface area (Å²) in [5.74, 6) is 2.78. The van der Waals surface area contributed by atoms with Gasteiger partial charge in [0.2, 0.25) is 11.9 Å². The third-order valence-corrected chi connectivity index (χ3v) is 4.88. The largest absolute Gasteiger partial charge is 0.338 e. The fourth-order valence-electron chi connectivity index (χ4n) is 3.19. The maximum atomic E-state index is 4.66. The maximum absolute atomic E-state index is 4.66. The Labute approximate surface area is 165 Å². The maximum Gasteiger partial charge on any atom is 0.233 e. The van der Waals surface area contributed by atoms with Gasteiger partial charge in [-0.2, -0.15) is 15.0 Å². The Morgan fingerprint density at radius 3 is 2.46 bits per heavy atom. The molecule has 144 valence electrons. The van der Waals surface area contributed by atoms with Gasteiger partial charge in [-0.15, -0.1) is 0 Å².